The van der Waals surface area contributed by atoms with Crippen molar-refractivity contribution in [3.05, 3.63) is 170 Å². The number of para-hydroxylation sites is 5. The zero-order chi connectivity index (χ0) is 35.5. The van der Waals surface area contributed by atoms with Crippen molar-refractivity contribution in [3.63, 3.8) is 0 Å². The number of hydrogen-bond donors (Lipinski definition) is 0. The summed E-state index contributed by atoms with van der Waals surface area (Å²) in [5.74, 6) is 0. The molecular formula is C51H28N4. The summed E-state index contributed by atoms with van der Waals surface area (Å²) in [7, 11) is 0. The second-order valence-corrected chi connectivity index (χ2v) is 15.1. The molecule has 0 bridgehead atoms. The van der Waals surface area contributed by atoms with Crippen molar-refractivity contribution in [2.45, 2.75) is 0 Å². The standard InChI is InChI=1S/C51H28N4/c1-2-13-32(14-3-1)53-42-22-7-6-15-34(42)40-26-31(23-24-43(40)53)33-16-8-17-35-36-18-9-21-39-47-46-38-20-10-19-37-41-25-29-11-4-5-12-30(29)27-44(41)54(49(37)38)45(46)28-52-51(47)55(48(33)35)50(36)39/h1-28H. The van der Waals surface area contributed by atoms with Gasteiger partial charge in [-0.2, -0.15) is 0 Å². The molecule has 0 unspecified atom stereocenters. The van der Waals surface area contributed by atoms with Gasteiger partial charge < -0.3 is 8.97 Å². The molecule has 14 aromatic rings. The van der Waals surface area contributed by atoms with Crippen molar-refractivity contribution in [2.24, 2.45) is 0 Å². The van der Waals surface area contributed by atoms with Gasteiger partial charge in [0.1, 0.15) is 5.65 Å². The Hall–Kier alpha value is -7.43. The number of benzene rings is 8. The molecule has 4 heteroatoms. The molecule has 0 radical (unpaired) electrons. The minimum absolute atomic E-state index is 1.01. The summed E-state index contributed by atoms with van der Waals surface area (Å²) in [5, 5.41) is 15.1. The quantitative estimate of drug-likeness (QED) is 0.177. The van der Waals surface area contributed by atoms with Crippen molar-refractivity contribution >= 4 is 109 Å². The first kappa shape index (κ1) is 28.1. The van der Waals surface area contributed by atoms with E-state index in [0.717, 1.165) is 11.2 Å². The molecule has 0 fully saturated rings. The van der Waals surface area contributed by atoms with Gasteiger partial charge in [0.05, 0.1) is 44.8 Å². The Morgan fingerprint density at radius 3 is 1.84 bits per heavy atom. The predicted molar refractivity (Wildman–Crippen MR) is 231 cm³/mol. The summed E-state index contributed by atoms with van der Waals surface area (Å²) in [6.07, 6.45) is 2.12. The lowest BCUT2D eigenvalue weighted by atomic mass is 9.99. The van der Waals surface area contributed by atoms with Crippen molar-refractivity contribution in [2.75, 3.05) is 0 Å². The second kappa shape index (κ2) is 9.75. The second-order valence-electron chi connectivity index (χ2n) is 15.1. The lowest BCUT2D eigenvalue weighted by Gasteiger charge is -2.09. The molecule has 0 amide bonds. The largest absolute Gasteiger partial charge is 0.309 e. The van der Waals surface area contributed by atoms with Gasteiger partial charge in [-0.1, -0.05) is 121 Å². The van der Waals surface area contributed by atoms with Crippen LogP contribution in [0, 0.1) is 0 Å². The van der Waals surface area contributed by atoms with Crippen molar-refractivity contribution in [1.82, 2.24) is 18.4 Å². The van der Waals surface area contributed by atoms with Gasteiger partial charge >= 0.3 is 0 Å². The molecule has 14 rings (SSSR count). The molecule has 0 aliphatic heterocycles. The zero-order valence-corrected chi connectivity index (χ0v) is 29.5. The summed E-state index contributed by atoms with van der Waals surface area (Å²) in [6.45, 7) is 0. The van der Waals surface area contributed by atoms with Crippen LogP contribution in [0.1, 0.15) is 0 Å². The van der Waals surface area contributed by atoms with Gasteiger partial charge in [0.2, 0.25) is 0 Å². The van der Waals surface area contributed by atoms with Gasteiger partial charge in [0.25, 0.3) is 0 Å². The van der Waals surface area contributed by atoms with E-state index in [9.17, 15) is 0 Å². The van der Waals surface area contributed by atoms with E-state index in [1.807, 2.05) is 0 Å². The molecule has 0 N–H and O–H groups in total. The minimum Gasteiger partial charge on any atom is -0.309 e. The Morgan fingerprint density at radius 1 is 0.364 bits per heavy atom. The highest BCUT2D eigenvalue weighted by atomic mass is 15.0. The Balaban J connectivity index is 1.10. The Morgan fingerprint density at radius 2 is 0.982 bits per heavy atom. The number of aromatic nitrogens is 4. The highest BCUT2D eigenvalue weighted by Crippen LogP contribution is 2.48. The first-order chi connectivity index (χ1) is 27.3. The van der Waals surface area contributed by atoms with Gasteiger partial charge in [-0.15, -0.1) is 0 Å². The Labute approximate surface area is 313 Å². The number of rotatable bonds is 2. The molecule has 0 atom stereocenters. The summed E-state index contributed by atoms with van der Waals surface area (Å²) in [6, 6.07) is 60.3. The molecular weight excluding hydrogens is 669 g/mol. The van der Waals surface area contributed by atoms with E-state index in [1.165, 1.54) is 115 Å². The van der Waals surface area contributed by atoms with Crippen molar-refractivity contribution in [1.29, 1.82) is 0 Å². The average molecular weight is 697 g/mol. The van der Waals surface area contributed by atoms with E-state index in [-0.39, 0.29) is 0 Å². The molecule has 55 heavy (non-hydrogen) atoms. The Kier molecular flexibility index (Phi) is 4.99. The molecule has 0 spiro atoms. The lowest BCUT2D eigenvalue weighted by molar-refractivity contribution is 1.18. The SMILES string of the molecule is c1ccc(-n2c3ccccc3c3cc(-c4cccc5c6cccc7c8c9c%10cccc%11c%12cc%13ccccc%13cc%12n(c9cnc8n(c45)c67)c%11%10)ccc32)cc1. The Bertz CT molecular complexity index is 3940. The van der Waals surface area contributed by atoms with Gasteiger partial charge in [-0.05, 0) is 58.8 Å². The maximum Gasteiger partial charge on any atom is 0.146 e. The van der Waals surface area contributed by atoms with Crippen LogP contribution in [-0.2, 0) is 0 Å². The highest BCUT2D eigenvalue weighted by molar-refractivity contribution is 6.35. The fraction of sp³-hybridized carbons (Fsp3) is 0. The average Bonchev–Trinajstić information content (AvgIpc) is 4.03. The van der Waals surface area contributed by atoms with E-state index in [0.29, 0.717) is 0 Å². The fourth-order valence-corrected chi connectivity index (χ4v) is 10.3. The van der Waals surface area contributed by atoms with Crippen molar-refractivity contribution in [3.8, 4) is 16.8 Å². The van der Waals surface area contributed by atoms with E-state index >= 15 is 0 Å². The minimum atomic E-state index is 1.01. The third-order valence-electron chi connectivity index (χ3n) is 12.5. The monoisotopic (exact) mass is 696 g/mol. The highest BCUT2D eigenvalue weighted by Gasteiger charge is 2.26. The van der Waals surface area contributed by atoms with Gasteiger partial charge in [-0.3, -0.25) is 4.40 Å². The van der Waals surface area contributed by atoms with Crippen LogP contribution in [0.25, 0.3) is 126 Å². The van der Waals surface area contributed by atoms with Crippen LogP contribution in [0.3, 0.4) is 0 Å². The first-order valence-corrected chi connectivity index (χ1v) is 19.0. The molecule has 0 aliphatic carbocycles. The van der Waals surface area contributed by atoms with Gasteiger partial charge in [-0.25, -0.2) is 4.98 Å². The smallest absolute Gasteiger partial charge is 0.146 e. The molecule has 4 nitrogen and oxygen atoms in total. The lowest BCUT2D eigenvalue weighted by Crippen LogP contribution is -1.93. The van der Waals surface area contributed by atoms with E-state index in [1.54, 1.807) is 0 Å². The molecule has 8 aromatic carbocycles. The summed E-state index contributed by atoms with van der Waals surface area (Å²) < 4.78 is 7.31. The molecule has 0 saturated heterocycles. The maximum atomic E-state index is 5.41. The predicted octanol–water partition coefficient (Wildman–Crippen LogP) is 13.3. The van der Waals surface area contributed by atoms with Crippen LogP contribution in [0.4, 0.5) is 0 Å². The van der Waals surface area contributed by atoms with Crippen LogP contribution < -0.4 is 0 Å². The number of fused-ring (bicyclic) bond motifs is 17. The number of nitrogens with zero attached hydrogens (tertiary/aromatic N) is 4. The maximum absolute atomic E-state index is 5.41. The summed E-state index contributed by atoms with van der Waals surface area (Å²) in [5.41, 5.74) is 13.1. The van der Waals surface area contributed by atoms with Gasteiger partial charge in [0.15, 0.2) is 0 Å². The van der Waals surface area contributed by atoms with Crippen LogP contribution >= 0.6 is 0 Å². The van der Waals surface area contributed by atoms with Crippen LogP contribution in [-0.4, -0.2) is 18.4 Å². The third kappa shape index (κ3) is 3.33. The summed E-state index contributed by atoms with van der Waals surface area (Å²) in [4.78, 5) is 5.41. The number of pyridine rings is 1. The molecule has 6 aromatic heterocycles. The molecule has 0 aliphatic rings. The van der Waals surface area contributed by atoms with E-state index in [4.69, 9.17) is 4.98 Å². The topological polar surface area (TPSA) is 26.6 Å². The van der Waals surface area contributed by atoms with E-state index in [2.05, 4.69) is 183 Å². The van der Waals surface area contributed by atoms with Crippen molar-refractivity contribution < 1.29 is 0 Å². The molecule has 6 heterocycles. The fourth-order valence-electron chi connectivity index (χ4n) is 10.3. The number of hydrogen-bond acceptors (Lipinski definition) is 1. The van der Waals surface area contributed by atoms with Crippen LogP contribution in [0.5, 0.6) is 0 Å². The zero-order valence-electron chi connectivity index (χ0n) is 29.5. The first-order valence-electron chi connectivity index (χ1n) is 19.0. The van der Waals surface area contributed by atoms with Crippen LogP contribution in [0.15, 0.2) is 170 Å². The molecule has 0 saturated carbocycles. The van der Waals surface area contributed by atoms with Crippen LogP contribution in [0.2, 0.25) is 0 Å². The molecule has 252 valence electrons. The third-order valence-corrected chi connectivity index (χ3v) is 12.5. The normalized spacial score (nSPS) is 12.7. The van der Waals surface area contributed by atoms with E-state index < -0.39 is 0 Å². The summed E-state index contributed by atoms with van der Waals surface area (Å²) >= 11 is 0. The van der Waals surface area contributed by atoms with Gasteiger partial charge in [0, 0.05) is 65.1 Å².